The van der Waals surface area contributed by atoms with E-state index in [1.54, 1.807) is 13.1 Å². The molecule has 0 rings (SSSR count). The summed E-state index contributed by atoms with van der Waals surface area (Å²) in [5.41, 5.74) is -3.40. The van der Waals surface area contributed by atoms with Crippen molar-refractivity contribution < 1.29 is 21.4 Å². The molecular weight excluding hydrogens is 293 g/mol. The molecule has 0 aromatic rings. The first-order valence-corrected chi connectivity index (χ1v) is 15.2. The topological polar surface area (TPSA) is 18.5 Å². The van der Waals surface area contributed by atoms with Crippen LogP contribution in [-0.2, 0) is 8.23 Å². The number of alkyl halides is 3. The van der Waals surface area contributed by atoms with E-state index in [1.807, 2.05) is 19.6 Å². The van der Waals surface area contributed by atoms with Crippen molar-refractivity contribution in [2.75, 3.05) is 0 Å². The van der Waals surface area contributed by atoms with Crippen molar-refractivity contribution in [2.24, 2.45) is 0 Å². The number of rotatable bonds is 6. The maximum atomic E-state index is 13.8. The zero-order chi connectivity index (χ0) is 15.0. The second kappa shape index (κ2) is 5.39. The van der Waals surface area contributed by atoms with E-state index in [4.69, 9.17) is 8.23 Å². The predicted molar refractivity (Wildman–Crippen MR) is 76.0 cm³/mol. The minimum Gasteiger partial charge on any atom is -0.437 e. The van der Waals surface area contributed by atoms with Crippen LogP contribution in [0.4, 0.5) is 13.2 Å². The van der Waals surface area contributed by atoms with Crippen LogP contribution in [0.3, 0.4) is 0 Å². The highest BCUT2D eigenvalue weighted by atomic mass is 28.5. The minimum atomic E-state index is -3.48. The molecular formula is C10H25F3O2Si3. The predicted octanol–water partition coefficient (Wildman–Crippen LogP) is 4.29. The van der Waals surface area contributed by atoms with E-state index in [-0.39, 0.29) is 0 Å². The molecule has 110 valence electrons. The standard InChI is InChI=1S/C10H25F3O2Si3/c1-9(11)10(12,13)17(5,6)15-18(7,8)14-16(2,3)4/h9H,1-8H3. The number of hydrogen-bond donors (Lipinski definition) is 0. The normalized spacial score (nSPS) is 16.8. The molecule has 0 amide bonds. The van der Waals surface area contributed by atoms with Crippen LogP contribution >= 0.6 is 0 Å². The van der Waals surface area contributed by atoms with Gasteiger partial charge in [0.15, 0.2) is 14.5 Å². The number of hydrogen-bond acceptors (Lipinski definition) is 2. The summed E-state index contributed by atoms with van der Waals surface area (Å²) in [7, 11) is -7.99. The molecule has 0 aromatic carbocycles. The van der Waals surface area contributed by atoms with Gasteiger partial charge in [-0.1, -0.05) is 0 Å². The van der Waals surface area contributed by atoms with Crippen molar-refractivity contribution in [3.63, 3.8) is 0 Å². The van der Waals surface area contributed by atoms with Crippen LogP contribution in [0, 0.1) is 0 Å². The largest absolute Gasteiger partial charge is 0.437 e. The summed E-state index contributed by atoms with van der Waals surface area (Å²) in [5.74, 6) is 0. The van der Waals surface area contributed by atoms with Gasteiger partial charge >= 0.3 is 8.56 Å². The third-order valence-corrected chi connectivity index (χ3v) is 12.8. The average molecular weight is 319 g/mol. The van der Waals surface area contributed by atoms with E-state index in [0.717, 1.165) is 6.92 Å². The summed E-state index contributed by atoms with van der Waals surface area (Å²) >= 11 is 0. The maximum Gasteiger partial charge on any atom is 0.311 e. The molecule has 0 aliphatic carbocycles. The Morgan fingerprint density at radius 3 is 1.56 bits per heavy atom. The Morgan fingerprint density at radius 2 is 1.28 bits per heavy atom. The van der Waals surface area contributed by atoms with Gasteiger partial charge in [0.2, 0.25) is 0 Å². The lowest BCUT2D eigenvalue weighted by Gasteiger charge is -2.40. The van der Waals surface area contributed by atoms with Crippen LogP contribution < -0.4 is 0 Å². The molecule has 0 saturated carbocycles. The first-order valence-electron chi connectivity index (χ1n) is 6.03. The van der Waals surface area contributed by atoms with Gasteiger partial charge < -0.3 is 8.23 Å². The lowest BCUT2D eigenvalue weighted by Crippen LogP contribution is -2.61. The van der Waals surface area contributed by atoms with Gasteiger partial charge in [-0.15, -0.1) is 0 Å². The Kier molecular flexibility index (Phi) is 5.50. The van der Waals surface area contributed by atoms with Gasteiger partial charge in [0.1, 0.15) is 0 Å². The average Bonchev–Trinajstić information content (AvgIpc) is 1.94. The molecule has 0 aromatic heterocycles. The van der Waals surface area contributed by atoms with Gasteiger partial charge in [0.05, 0.1) is 0 Å². The summed E-state index contributed by atoms with van der Waals surface area (Å²) in [4.78, 5) is 0. The molecule has 18 heavy (non-hydrogen) atoms. The zero-order valence-electron chi connectivity index (χ0n) is 12.5. The van der Waals surface area contributed by atoms with Gasteiger partial charge in [0, 0.05) is 0 Å². The van der Waals surface area contributed by atoms with Crippen molar-refractivity contribution in [2.45, 2.75) is 64.5 Å². The quantitative estimate of drug-likeness (QED) is 0.680. The molecule has 0 aliphatic heterocycles. The third kappa shape index (κ3) is 5.16. The van der Waals surface area contributed by atoms with Crippen molar-refractivity contribution in [1.82, 2.24) is 0 Å². The van der Waals surface area contributed by atoms with Gasteiger partial charge in [-0.25, -0.2) is 13.2 Å². The molecule has 1 unspecified atom stereocenters. The molecule has 0 spiro atoms. The van der Waals surface area contributed by atoms with Crippen molar-refractivity contribution >= 4 is 25.2 Å². The highest BCUT2D eigenvalue weighted by Gasteiger charge is 2.57. The van der Waals surface area contributed by atoms with E-state index in [9.17, 15) is 13.2 Å². The summed E-state index contributed by atoms with van der Waals surface area (Å²) in [6, 6.07) is 0. The maximum absolute atomic E-state index is 13.8. The van der Waals surface area contributed by atoms with Gasteiger partial charge in [-0.3, -0.25) is 0 Å². The van der Waals surface area contributed by atoms with Crippen LogP contribution in [0.1, 0.15) is 6.92 Å². The molecule has 0 heterocycles. The minimum absolute atomic E-state index is 0.881. The summed E-state index contributed by atoms with van der Waals surface area (Å²) in [5, 5.41) is 0. The zero-order valence-corrected chi connectivity index (χ0v) is 15.5. The SMILES string of the molecule is CC(F)C(F)(F)[Si](C)(C)O[Si](C)(C)O[Si](C)(C)C. The molecule has 1 atom stereocenters. The lowest BCUT2D eigenvalue weighted by atomic mass is 10.5. The molecule has 8 heteroatoms. The van der Waals surface area contributed by atoms with E-state index >= 15 is 0 Å². The molecule has 0 radical (unpaired) electrons. The van der Waals surface area contributed by atoms with Crippen LogP contribution in [0.2, 0.25) is 45.8 Å². The second-order valence-corrected chi connectivity index (χ2v) is 18.8. The molecule has 0 N–H and O–H groups in total. The Balaban J connectivity index is 4.97. The van der Waals surface area contributed by atoms with Crippen molar-refractivity contribution in [3.8, 4) is 0 Å². The summed E-state index contributed by atoms with van der Waals surface area (Å²) in [6.07, 6.45) is -2.20. The van der Waals surface area contributed by atoms with Gasteiger partial charge in [-0.2, -0.15) is 0 Å². The summed E-state index contributed by atoms with van der Waals surface area (Å²) in [6.45, 7) is 13.0. The van der Waals surface area contributed by atoms with E-state index in [2.05, 4.69) is 0 Å². The fourth-order valence-corrected chi connectivity index (χ4v) is 14.8. The molecule has 2 nitrogen and oxygen atoms in total. The Morgan fingerprint density at radius 1 is 0.889 bits per heavy atom. The van der Waals surface area contributed by atoms with Crippen LogP contribution in [0.25, 0.3) is 0 Å². The molecule has 0 fully saturated rings. The van der Waals surface area contributed by atoms with Crippen LogP contribution in [-0.4, -0.2) is 36.9 Å². The fraction of sp³-hybridized carbons (Fsp3) is 1.00. The third-order valence-electron chi connectivity index (χ3n) is 2.36. The first-order chi connectivity index (χ1) is 7.61. The molecule has 0 saturated heterocycles. The monoisotopic (exact) mass is 318 g/mol. The van der Waals surface area contributed by atoms with Gasteiger partial charge in [-0.05, 0) is 52.8 Å². The first kappa shape index (κ1) is 18.4. The van der Waals surface area contributed by atoms with Crippen LogP contribution in [0.5, 0.6) is 0 Å². The molecule has 0 bridgehead atoms. The van der Waals surface area contributed by atoms with Crippen LogP contribution in [0.15, 0.2) is 0 Å². The Bertz CT molecular complexity index is 289. The van der Waals surface area contributed by atoms with E-state index in [1.165, 1.54) is 13.1 Å². The van der Waals surface area contributed by atoms with Gasteiger partial charge in [0.25, 0.3) is 13.9 Å². The molecule has 0 aliphatic rings. The highest BCUT2D eigenvalue weighted by Crippen LogP contribution is 2.35. The smallest absolute Gasteiger partial charge is 0.311 e. The van der Waals surface area contributed by atoms with E-state index in [0.29, 0.717) is 0 Å². The van der Waals surface area contributed by atoms with E-state index < -0.39 is 36.9 Å². The Labute approximate surface area is 111 Å². The highest BCUT2D eigenvalue weighted by molar-refractivity contribution is 6.88. The fourth-order valence-electron chi connectivity index (χ4n) is 1.92. The second-order valence-electron chi connectivity index (χ2n) is 6.47. The van der Waals surface area contributed by atoms with Crippen molar-refractivity contribution in [3.05, 3.63) is 0 Å². The lowest BCUT2D eigenvalue weighted by molar-refractivity contribution is -0.00890. The number of halogens is 3. The van der Waals surface area contributed by atoms with Crippen molar-refractivity contribution in [1.29, 1.82) is 0 Å². The summed E-state index contributed by atoms with van der Waals surface area (Å²) < 4.78 is 52.2. The Hall–Kier alpha value is 0.361.